The first-order valence-electron chi connectivity index (χ1n) is 12.0. The van der Waals surface area contributed by atoms with E-state index in [-0.39, 0.29) is 12.2 Å². The van der Waals surface area contributed by atoms with Crippen molar-refractivity contribution in [2.24, 2.45) is 0 Å². The third kappa shape index (κ3) is 10.1. The van der Waals surface area contributed by atoms with E-state index in [4.69, 9.17) is 23.7 Å². The molecule has 1 amide bonds. The first-order chi connectivity index (χ1) is 17.4. The number of hydrogen-bond donors (Lipinski definition) is 5. The number of alkyl carbamates (subject to hydrolysis) is 1. The van der Waals surface area contributed by atoms with Crippen molar-refractivity contribution >= 4 is 18.2 Å². The highest BCUT2D eigenvalue weighted by Gasteiger charge is 2.43. The van der Waals surface area contributed by atoms with Crippen molar-refractivity contribution in [2.75, 3.05) is 6.61 Å². The van der Waals surface area contributed by atoms with Gasteiger partial charge in [-0.2, -0.15) is 0 Å². The molecule has 1 saturated heterocycles. The van der Waals surface area contributed by atoms with Crippen LogP contribution in [0.15, 0.2) is 24.3 Å². The fourth-order valence-corrected chi connectivity index (χ4v) is 3.27. The number of carbonyl (C=O) groups excluding carboxylic acids is 3. The molecule has 5 N–H and O–H groups in total. The second-order valence-corrected chi connectivity index (χ2v) is 10.8. The van der Waals surface area contributed by atoms with Gasteiger partial charge in [0.2, 0.25) is 0 Å². The summed E-state index contributed by atoms with van der Waals surface area (Å²) in [7, 11) is 0. The molecular formula is C25H37NO12. The number of aliphatic hydroxyl groups is 4. The standard InChI is InChI=1S/C25H37NO12/c1-24(2,3)37-22(32)26-15(20(30)34-12-16-17(27)18(28)19(29)21(31)36-16)11-13-7-9-14(10-8-13)35-23(33)38-25(4,5)6/h7-10,15-19,21,27-29,31H,11-12H2,1-6H3,(H,26,32)/t15-,16+,17+,18-,19+,21?/m0/s1. The molecule has 1 aromatic rings. The van der Waals surface area contributed by atoms with Gasteiger partial charge >= 0.3 is 18.2 Å². The number of aliphatic hydroxyl groups excluding tert-OH is 4. The maximum Gasteiger partial charge on any atom is 0.514 e. The van der Waals surface area contributed by atoms with E-state index in [1.54, 1.807) is 53.7 Å². The van der Waals surface area contributed by atoms with E-state index >= 15 is 0 Å². The minimum atomic E-state index is -1.80. The molecule has 1 aliphatic rings. The number of benzene rings is 1. The van der Waals surface area contributed by atoms with Gasteiger partial charge in [0.1, 0.15) is 54.0 Å². The number of amides is 1. The summed E-state index contributed by atoms with van der Waals surface area (Å²) < 4.78 is 25.6. The molecule has 2 rings (SSSR count). The smallest absolute Gasteiger partial charge is 0.461 e. The molecule has 1 aliphatic heterocycles. The van der Waals surface area contributed by atoms with Crippen molar-refractivity contribution in [1.82, 2.24) is 5.32 Å². The second kappa shape index (κ2) is 12.7. The number of carbonyl (C=O) groups is 3. The third-order valence-corrected chi connectivity index (χ3v) is 5.01. The monoisotopic (exact) mass is 543 g/mol. The van der Waals surface area contributed by atoms with Crippen LogP contribution in [0.2, 0.25) is 0 Å². The molecule has 0 aromatic heterocycles. The van der Waals surface area contributed by atoms with Crippen LogP contribution in [0.25, 0.3) is 0 Å². The largest absolute Gasteiger partial charge is 0.514 e. The van der Waals surface area contributed by atoms with Crippen molar-refractivity contribution < 1.29 is 58.5 Å². The van der Waals surface area contributed by atoms with Gasteiger partial charge in [-0.15, -0.1) is 0 Å². The fourth-order valence-electron chi connectivity index (χ4n) is 3.27. The Balaban J connectivity index is 2.08. The molecule has 0 radical (unpaired) electrons. The molecule has 0 bridgehead atoms. The van der Waals surface area contributed by atoms with E-state index in [9.17, 15) is 34.8 Å². The van der Waals surface area contributed by atoms with Crippen LogP contribution < -0.4 is 10.1 Å². The SMILES string of the molecule is CC(C)(C)OC(=O)N[C@@H](Cc1ccc(OC(=O)OC(C)(C)C)cc1)C(=O)OC[C@H]1OC(O)[C@H](O)[C@@H](O)[C@@H]1O. The lowest BCUT2D eigenvalue weighted by molar-refractivity contribution is -0.287. The topological polar surface area (TPSA) is 190 Å². The summed E-state index contributed by atoms with van der Waals surface area (Å²) in [4.78, 5) is 37.1. The lowest BCUT2D eigenvalue weighted by atomic mass is 9.99. The predicted molar refractivity (Wildman–Crippen MR) is 130 cm³/mol. The number of nitrogens with one attached hydrogen (secondary N) is 1. The van der Waals surface area contributed by atoms with Gasteiger partial charge in [-0.05, 0) is 59.2 Å². The average molecular weight is 544 g/mol. The molecular weight excluding hydrogens is 506 g/mol. The number of esters is 1. The number of rotatable bonds is 7. The molecule has 6 atom stereocenters. The Bertz CT molecular complexity index is 953. The van der Waals surface area contributed by atoms with Crippen LogP contribution >= 0.6 is 0 Å². The van der Waals surface area contributed by atoms with E-state index in [2.05, 4.69) is 5.32 Å². The molecule has 1 unspecified atom stereocenters. The van der Waals surface area contributed by atoms with Crippen molar-refractivity contribution in [3.8, 4) is 5.75 Å². The fraction of sp³-hybridized carbons (Fsp3) is 0.640. The van der Waals surface area contributed by atoms with Crippen molar-refractivity contribution in [2.45, 2.75) is 95.9 Å². The molecule has 0 saturated carbocycles. The van der Waals surface area contributed by atoms with Crippen LogP contribution in [0, 0.1) is 0 Å². The van der Waals surface area contributed by atoms with Gasteiger partial charge in [0, 0.05) is 6.42 Å². The molecule has 1 aromatic carbocycles. The Kier molecular flexibility index (Phi) is 10.5. The van der Waals surface area contributed by atoms with Crippen LogP contribution in [-0.2, 0) is 30.2 Å². The summed E-state index contributed by atoms with van der Waals surface area (Å²) >= 11 is 0. The first-order valence-corrected chi connectivity index (χ1v) is 12.0. The molecule has 13 heteroatoms. The summed E-state index contributed by atoms with van der Waals surface area (Å²) in [5, 5.41) is 41.6. The summed E-state index contributed by atoms with van der Waals surface area (Å²) in [6, 6.07) is 4.85. The number of ether oxygens (including phenoxy) is 5. The summed E-state index contributed by atoms with van der Waals surface area (Å²) in [6.07, 6.45) is -10.0. The van der Waals surface area contributed by atoms with Gasteiger partial charge in [0.25, 0.3) is 0 Å². The van der Waals surface area contributed by atoms with Gasteiger partial charge in [-0.3, -0.25) is 0 Å². The molecule has 38 heavy (non-hydrogen) atoms. The van der Waals surface area contributed by atoms with E-state index in [1.807, 2.05) is 0 Å². The molecule has 13 nitrogen and oxygen atoms in total. The zero-order valence-electron chi connectivity index (χ0n) is 22.2. The van der Waals surface area contributed by atoms with Gasteiger partial charge in [-0.25, -0.2) is 14.4 Å². The average Bonchev–Trinajstić information content (AvgIpc) is 2.77. The summed E-state index contributed by atoms with van der Waals surface area (Å²) in [5.41, 5.74) is -1.01. The van der Waals surface area contributed by atoms with Crippen LogP contribution in [0.5, 0.6) is 5.75 Å². The van der Waals surface area contributed by atoms with Crippen LogP contribution in [0.4, 0.5) is 9.59 Å². The molecule has 214 valence electrons. The van der Waals surface area contributed by atoms with Gasteiger partial charge in [0.05, 0.1) is 0 Å². The zero-order chi connectivity index (χ0) is 28.8. The Morgan fingerprint density at radius 3 is 2.03 bits per heavy atom. The maximum absolute atomic E-state index is 12.9. The van der Waals surface area contributed by atoms with Crippen LogP contribution in [0.1, 0.15) is 47.1 Å². The Labute approximate surface area is 220 Å². The highest BCUT2D eigenvalue weighted by Crippen LogP contribution is 2.21. The Morgan fingerprint density at radius 2 is 1.47 bits per heavy atom. The Hall–Kier alpha value is -2.97. The highest BCUT2D eigenvalue weighted by atomic mass is 16.7. The molecule has 0 aliphatic carbocycles. The summed E-state index contributed by atoms with van der Waals surface area (Å²) in [6.45, 7) is 9.45. The van der Waals surface area contributed by atoms with E-state index in [1.165, 1.54) is 12.1 Å². The van der Waals surface area contributed by atoms with Gasteiger partial charge in [-0.1, -0.05) is 12.1 Å². The minimum Gasteiger partial charge on any atom is -0.461 e. The second-order valence-electron chi connectivity index (χ2n) is 10.8. The van der Waals surface area contributed by atoms with Crippen LogP contribution in [0.3, 0.4) is 0 Å². The van der Waals surface area contributed by atoms with E-state index in [0.29, 0.717) is 5.56 Å². The lowest BCUT2D eigenvalue weighted by Gasteiger charge is -2.38. The van der Waals surface area contributed by atoms with Gasteiger partial charge in [0.15, 0.2) is 6.29 Å². The van der Waals surface area contributed by atoms with Crippen molar-refractivity contribution in [3.05, 3.63) is 29.8 Å². The third-order valence-electron chi connectivity index (χ3n) is 5.01. The summed E-state index contributed by atoms with van der Waals surface area (Å²) in [5.74, 6) is -0.721. The molecule has 1 heterocycles. The normalized spacial score (nSPS) is 24.6. The highest BCUT2D eigenvalue weighted by molar-refractivity contribution is 5.81. The molecule has 0 spiro atoms. The van der Waals surface area contributed by atoms with Crippen molar-refractivity contribution in [3.63, 3.8) is 0 Å². The Morgan fingerprint density at radius 1 is 0.895 bits per heavy atom. The quantitative estimate of drug-likeness (QED) is 0.185. The van der Waals surface area contributed by atoms with E-state index < -0.39 is 72.8 Å². The zero-order valence-corrected chi connectivity index (χ0v) is 22.2. The molecule has 1 fully saturated rings. The minimum absolute atomic E-state index is 0.0527. The lowest BCUT2D eigenvalue weighted by Crippen LogP contribution is -2.59. The number of hydrogen-bond acceptors (Lipinski definition) is 12. The van der Waals surface area contributed by atoms with Crippen molar-refractivity contribution in [1.29, 1.82) is 0 Å². The predicted octanol–water partition coefficient (Wildman–Crippen LogP) is 0.779. The first kappa shape index (κ1) is 31.2. The van der Waals surface area contributed by atoms with Crippen LogP contribution in [-0.4, -0.2) is 93.2 Å². The van der Waals surface area contributed by atoms with E-state index in [0.717, 1.165) is 0 Å². The van der Waals surface area contributed by atoms with Gasteiger partial charge < -0.3 is 49.4 Å². The maximum atomic E-state index is 12.9.